The van der Waals surface area contributed by atoms with Crippen LogP contribution >= 0.6 is 22.6 Å². The lowest BCUT2D eigenvalue weighted by molar-refractivity contribution is 0.417. The van der Waals surface area contributed by atoms with E-state index in [0.29, 0.717) is 5.69 Å². The topological polar surface area (TPSA) is 26.0 Å². The van der Waals surface area contributed by atoms with Gasteiger partial charge in [-0.25, -0.2) is 0 Å². The highest BCUT2D eigenvalue weighted by molar-refractivity contribution is 14.1. The zero-order valence-electron chi connectivity index (χ0n) is 3.89. The van der Waals surface area contributed by atoms with Crippen LogP contribution in [0.1, 0.15) is 5.69 Å². The molecule has 0 amide bonds. The van der Waals surface area contributed by atoms with E-state index in [2.05, 4.69) is 38.2 Å². The van der Waals surface area contributed by atoms with Crippen molar-refractivity contribution >= 4 is 22.6 Å². The van der Waals surface area contributed by atoms with Crippen molar-refractivity contribution in [3.05, 3.63) is 15.5 Å². The van der Waals surface area contributed by atoms with Gasteiger partial charge in [0.1, 0.15) is 6.26 Å². The van der Waals surface area contributed by atoms with Crippen LogP contribution in [0, 0.1) is 15.9 Å². The molecule has 2 nitrogen and oxygen atoms in total. The molecule has 8 heavy (non-hydrogen) atoms. The smallest absolute Gasteiger partial charge is 0.169 e. The molecule has 3 heteroatoms. The summed E-state index contributed by atoms with van der Waals surface area (Å²) in [6.45, 7) is 0. The van der Waals surface area contributed by atoms with Gasteiger partial charge in [0.15, 0.2) is 5.69 Å². The molecule has 1 aromatic rings. The lowest BCUT2D eigenvalue weighted by atomic mass is 10.5. The van der Waals surface area contributed by atoms with E-state index in [-0.39, 0.29) is 0 Å². The Balaban J connectivity index is 3.15. The van der Waals surface area contributed by atoms with Gasteiger partial charge >= 0.3 is 0 Å². The van der Waals surface area contributed by atoms with Crippen molar-refractivity contribution in [2.24, 2.45) is 0 Å². The third-order valence-electron chi connectivity index (χ3n) is 0.663. The van der Waals surface area contributed by atoms with Crippen LogP contribution in [0.15, 0.2) is 10.8 Å². The highest BCUT2D eigenvalue weighted by Gasteiger charge is 1.96. The summed E-state index contributed by atoms with van der Waals surface area (Å²) >= 11 is 2.06. The third kappa shape index (κ3) is 0.842. The molecule has 0 N–H and O–H groups in total. The van der Waals surface area contributed by atoms with Crippen molar-refractivity contribution in [2.45, 2.75) is 0 Å². The Labute approximate surface area is 60.4 Å². The van der Waals surface area contributed by atoms with Crippen LogP contribution in [-0.4, -0.2) is 5.16 Å². The Morgan fingerprint density at radius 3 is 2.88 bits per heavy atom. The van der Waals surface area contributed by atoms with Crippen LogP contribution in [-0.2, 0) is 0 Å². The molecular weight excluding hydrogens is 217 g/mol. The number of halogens is 1. The molecule has 0 saturated carbocycles. The predicted octanol–water partition coefficient (Wildman–Crippen LogP) is 1.26. The standard InChI is InChI=1S/C5H2INO/c1-2-5-4(6)3-8-7-5/h1,3H. The maximum atomic E-state index is 5.02. The van der Waals surface area contributed by atoms with Crippen LogP contribution in [0.3, 0.4) is 0 Å². The van der Waals surface area contributed by atoms with Crippen molar-refractivity contribution in [1.82, 2.24) is 5.16 Å². The van der Waals surface area contributed by atoms with Gasteiger partial charge in [-0.1, -0.05) is 5.16 Å². The molecule has 0 radical (unpaired) electrons. The fourth-order valence-corrected chi connectivity index (χ4v) is 0.688. The monoisotopic (exact) mass is 219 g/mol. The second kappa shape index (κ2) is 2.18. The van der Waals surface area contributed by atoms with Gasteiger partial charge in [0.25, 0.3) is 0 Å². The number of aromatic nitrogens is 1. The molecule has 0 unspecified atom stereocenters. The second-order valence-electron chi connectivity index (χ2n) is 1.16. The van der Waals surface area contributed by atoms with Crippen LogP contribution in [0.2, 0.25) is 0 Å². The minimum absolute atomic E-state index is 0.575. The molecule has 1 aromatic heterocycles. The molecule has 0 atom stereocenters. The average Bonchev–Trinajstić information content (AvgIpc) is 2.14. The fourth-order valence-electron chi connectivity index (χ4n) is 0.320. The van der Waals surface area contributed by atoms with Gasteiger partial charge in [-0.3, -0.25) is 0 Å². The van der Waals surface area contributed by atoms with Gasteiger partial charge in [-0.15, -0.1) is 6.42 Å². The van der Waals surface area contributed by atoms with Gasteiger partial charge < -0.3 is 4.52 Å². The Kier molecular flexibility index (Phi) is 1.53. The van der Waals surface area contributed by atoms with Gasteiger partial charge in [0.2, 0.25) is 0 Å². The van der Waals surface area contributed by atoms with E-state index in [4.69, 9.17) is 6.42 Å². The minimum atomic E-state index is 0.575. The van der Waals surface area contributed by atoms with Crippen LogP contribution in [0.5, 0.6) is 0 Å². The highest BCUT2D eigenvalue weighted by Crippen LogP contribution is 2.06. The SMILES string of the molecule is C#Cc1nocc1I. The second-order valence-corrected chi connectivity index (χ2v) is 2.32. The molecule has 0 aromatic carbocycles. The Morgan fingerprint density at radius 2 is 2.62 bits per heavy atom. The molecule has 0 aliphatic rings. The minimum Gasteiger partial charge on any atom is -0.362 e. The lowest BCUT2D eigenvalue weighted by Gasteiger charge is -1.71. The maximum Gasteiger partial charge on any atom is 0.169 e. The summed E-state index contributed by atoms with van der Waals surface area (Å²) in [5, 5.41) is 3.52. The highest BCUT2D eigenvalue weighted by atomic mass is 127. The molecule has 0 aliphatic heterocycles. The fraction of sp³-hybridized carbons (Fsp3) is 0. The first-order chi connectivity index (χ1) is 3.84. The quantitative estimate of drug-likeness (QED) is 0.485. The summed E-state index contributed by atoms with van der Waals surface area (Å²) in [5.74, 6) is 2.36. The van der Waals surface area contributed by atoms with Gasteiger partial charge in [-0.2, -0.15) is 0 Å². The zero-order chi connectivity index (χ0) is 5.98. The first-order valence-corrected chi connectivity index (χ1v) is 2.99. The largest absolute Gasteiger partial charge is 0.362 e. The van der Waals surface area contributed by atoms with Crippen LogP contribution < -0.4 is 0 Å². The molecule has 0 bridgehead atoms. The first kappa shape index (κ1) is 5.63. The molecule has 1 rings (SSSR count). The molecule has 0 saturated heterocycles. The summed E-state index contributed by atoms with van der Waals surface area (Å²) in [6.07, 6.45) is 6.53. The molecule has 40 valence electrons. The Morgan fingerprint density at radius 1 is 1.88 bits per heavy atom. The van der Waals surface area contributed by atoms with Crippen molar-refractivity contribution in [1.29, 1.82) is 0 Å². The van der Waals surface area contributed by atoms with E-state index in [1.165, 1.54) is 6.26 Å². The van der Waals surface area contributed by atoms with Gasteiger partial charge in [0.05, 0.1) is 3.57 Å². The van der Waals surface area contributed by atoms with Crippen molar-refractivity contribution in [3.8, 4) is 12.3 Å². The van der Waals surface area contributed by atoms with E-state index >= 15 is 0 Å². The molecule has 0 fully saturated rings. The molecule has 1 heterocycles. The van der Waals surface area contributed by atoms with Crippen LogP contribution in [0.4, 0.5) is 0 Å². The number of hydrogen-bond acceptors (Lipinski definition) is 2. The normalized spacial score (nSPS) is 8.50. The average molecular weight is 219 g/mol. The summed E-state index contributed by atoms with van der Waals surface area (Å²) in [6, 6.07) is 0. The van der Waals surface area contributed by atoms with Crippen molar-refractivity contribution in [3.63, 3.8) is 0 Å². The maximum absolute atomic E-state index is 5.02. The number of terminal acetylenes is 1. The molecular formula is C5H2INO. The van der Waals surface area contributed by atoms with E-state index in [9.17, 15) is 0 Å². The lowest BCUT2D eigenvalue weighted by Crippen LogP contribution is -1.72. The van der Waals surface area contributed by atoms with Crippen LogP contribution in [0.25, 0.3) is 0 Å². The van der Waals surface area contributed by atoms with E-state index < -0.39 is 0 Å². The van der Waals surface area contributed by atoms with E-state index in [1.54, 1.807) is 0 Å². The molecule has 0 spiro atoms. The summed E-state index contributed by atoms with van der Waals surface area (Å²) in [5.41, 5.74) is 0.575. The summed E-state index contributed by atoms with van der Waals surface area (Å²) in [7, 11) is 0. The first-order valence-electron chi connectivity index (χ1n) is 1.91. The van der Waals surface area contributed by atoms with E-state index in [0.717, 1.165) is 3.57 Å². The van der Waals surface area contributed by atoms with Crippen molar-refractivity contribution in [2.75, 3.05) is 0 Å². The number of rotatable bonds is 0. The van der Waals surface area contributed by atoms with E-state index in [1.807, 2.05) is 0 Å². The Hall–Kier alpha value is -0.500. The number of hydrogen-bond donors (Lipinski definition) is 0. The Bertz CT molecular complexity index is 223. The number of nitrogens with zero attached hydrogens (tertiary/aromatic N) is 1. The predicted molar refractivity (Wildman–Crippen MR) is 37.2 cm³/mol. The third-order valence-corrected chi connectivity index (χ3v) is 1.43. The zero-order valence-corrected chi connectivity index (χ0v) is 6.05. The molecule has 0 aliphatic carbocycles. The summed E-state index contributed by atoms with van der Waals surface area (Å²) in [4.78, 5) is 0. The van der Waals surface area contributed by atoms with Gasteiger partial charge in [-0.05, 0) is 28.5 Å². The summed E-state index contributed by atoms with van der Waals surface area (Å²) < 4.78 is 5.42. The van der Waals surface area contributed by atoms with Crippen molar-refractivity contribution < 1.29 is 4.52 Å². The van der Waals surface area contributed by atoms with Gasteiger partial charge in [0, 0.05) is 0 Å².